The fraction of sp³-hybridized carbons (Fsp3) is 0.571. The smallest absolute Gasteiger partial charge is 0.253 e. The second kappa shape index (κ2) is 6.41. The first-order valence-corrected chi connectivity index (χ1v) is 8.48. The van der Waals surface area contributed by atoms with Crippen LogP contribution in [0.5, 0.6) is 0 Å². The summed E-state index contributed by atoms with van der Waals surface area (Å²) in [6, 6.07) is 3.35. The maximum Gasteiger partial charge on any atom is 0.253 e. The van der Waals surface area contributed by atoms with Crippen molar-refractivity contribution in [2.24, 2.45) is 0 Å². The van der Waals surface area contributed by atoms with E-state index in [-0.39, 0.29) is 11.5 Å². The van der Waals surface area contributed by atoms with Crippen LogP contribution in [0.1, 0.15) is 16.7 Å². The quantitative estimate of drug-likeness (QED) is 0.833. The van der Waals surface area contributed by atoms with Crippen molar-refractivity contribution in [1.29, 1.82) is 0 Å². The molecule has 0 saturated carbocycles. The number of piperazine rings is 1. The van der Waals surface area contributed by atoms with E-state index in [4.69, 9.17) is 0 Å². The van der Waals surface area contributed by atoms with Crippen molar-refractivity contribution in [3.8, 4) is 0 Å². The molecular weight excluding hydrogens is 290 g/mol. The van der Waals surface area contributed by atoms with Crippen LogP contribution in [0.25, 0.3) is 0 Å². The van der Waals surface area contributed by atoms with Crippen LogP contribution in [0.15, 0.2) is 17.0 Å². The number of sulfonamides is 1. The highest BCUT2D eigenvalue weighted by atomic mass is 32.2. The van der Waals surface area contributed by atoms with Crippen molar-refractivity contribution >= 4 is 10.0 Å². The number of rotatable bonds is 4. The molecule has 0 amide bonds. The van der Waals surface area contributed by atoms with Crippen molar-refractivity contribution in [1.82, 2.24) is 14.7 Å². The summed E-state index contributed by atoms with van der Waals surface area (Å²) in [7, 11) is -1.59. The number of nitrogens with one attached hydrogen (secondary N) is 1. The summed E-state index contributed by atoms with van der Waals surface area (Å²) < 4.78 is 25.1. The molecule has 0 aliphatic carbocycles. The maximum absolute atomic E-state index is 12.5. The van der Waals surface area contributed by atoms with Crippen molar-refractivity contribution in [2.75, 3.05) is 33.2 Å². The van der Waals surface area contributed by atoms with Gasteiger partial charge in [0.05, 0.1) is 11.5 Å². The van der Waals surface area contributed by atoms with Crippen LogP contribution >= 0.6 is 0 Å². The van der Waals surface area contributed by atoms with Crippen LogP contribution in [0, 0.1) is 13.8 Å². The first kappa shape index (κ1) is 16.4. The zero-order chi connectivity index (χ0) is 15.6. The van der Waals surface area contributed by atoms with Gasteiger partial charge in [-0.05, 0) is 43.7 Å². The number of benzene rings is 1. The van der Waals surface area contributed by atoms with Gasteiger partial charge in [-0.25, -0.2) is 13.4 Å². The Balaban J connectivity index is 2.23. The molecular formula is C14H23N3O3S. The number of hydrazine groups is 1. The minimum Gasteiger partial charge on any atom is -0.392 e. The molecule has 118 valence electrons. The topological polar surface area (TPSA) is 72.9 Å². The minimum absolute atomic E-state index is 0.164. The summed E-state index contributed by atoms with van der Waals surface area (Å²) in [6.07, 6.45) is 0. The molecule has 1 aromatic rings. The lowest BCUT2D eigenvalue weighted by molar-refractivity contribution is 0.135. The van der Waals surface area contributed by atoms with Gasteiger partial charge in [-0.15, -0.1) is 4.83 Å². The fourth-order valence-corrected chi connectivity index (χ4v) is 3.85. The molecule has 21 heavy (non-hydrogen) atoms. The van der Waals surface area contributed by atoms with E-state index in [1.807, 2.05) is 14.0 Å². The van der Waals surface area contributed by atoms with Gasteiger partial charge in [0.1, 0.15) is 0 Å². The van der Waals surface area contributed by atoms with Crippen LogP contribution < -0.4 is 4.83 Å². The Morgan fingerprint density at radius 1 is 1.14 bits per heavy atom. The first-order chi connectivity index (χ1) is 9.83. The third-order valence-corrected chi connectivity index (χ3v) is 5.36. The lowest BCUT2D eigenvalue weighted by Crippen LogP contribution is -2.52. The molecule has 2 N–H and O–H groups in total. The van der Waals surface area contributed by atoms with E-state index in [1.165, 1.54) is 0 Å². The molecule has 1 fully saturated rings. The molecule has 0 bridgehead atoms. The monoisotopic (exact) mass is 313 g/mol. The summed E-state index contributed by atoms with van der Waals surface area (Å²) in [4.78, 5) is 5.03. The molecule has 0 spiro atoms. The van der Waals surface area contributed by atoms with Crippen molar-refractivity contribution in [2.45, 2.75) is 25.3 Å². The first-order valence-electron chi connectivity index (χ1n) is 7.00. The third kappa shape index (κ3) is 3.81. The van der Waals surface area contributed by atoms with Crippen molar-refractivity contribution < 1.29 is 13.5 Å². The van der Waals surface area contributed by atoms with E-state index in [0.29, 0.717) is 24.2 Å². The maximum atomic E-state index is 12.5. The summed E-state index contributed by atoms with van der Waals surface area (Å²) >= 11 is 0. The Morgan fingerprint density at radius 3 is 2.33 bits per heavy atom. The highest BCUT2D eigenvalue weighted by Gasteiger charge is 2.23. The van der Waals surface area contributed by atoms with Gasteiger partial charge < -0.3 is 10.0 Å². The van der Waals surface area contributed by atoms with Gasteiger partial charge in [0.25, 0.3) is 10.0 Å². The summed E-state index contributed by atoms with van der Waals surface area (Å²) in [5, 5.41) is 11.0. The molecule has 1 aliphatic heterocycles. The van der Waals surface area contributed by atoms with Gasteiger partial charge in [0.15, 0.2) is 0 Å². The van der Waals surface area contributed by atoms with Gasteiger partial charge in [-0.3, -0.25) is 0 Å². The van der Waals surface area contributed by atoms with Gasteiger partial charge in [-0.2, -0.15) is 0 Å². The van der Waals surface area contributed by atoms with Crippen molar-refractivity contribution in [3.05, 3.63) is 28.8 Å². The lowest BCUT2D eigenvalue weighted by atomic mass is 10.1. The van der Waals surface area contributed by atoms with E-state index in [1.54, 1.807) is 24.1 Å². The highest BCUT2D eigenvalue weighted by Crippen LogP contribution is 2.21. The number of aliphatic hydroxyl groups is 1. The molecule has 1 aromatic carbocycles. The van der Waals surface area contributed by atoms with Gasteiger partial charge >= 0.3 is 0 Å². The van der Waals surface area contributed by atoms with Crippen LogP contribution in [0.3, 0.4) is 0 Å². The largest absolute Gasteiger partial charge is 0.392 e. The minimum atomic E-state index is -3.61. The molecule has 1 saturated heterocycles. The summed E-state index contributed by atoms with van der Waals surface area (Å²) in [6.45, 7) is 6.45. The summed E-state index contributed by atoms with van der Waals surface area (Å²) in [5.74, 6) is 0. The Hall–Kier alpha value is -0.990. The van der Waals surface area contributed by atoms with E-state index in [9.17, 15) is 13.5 Å². The molecule has 1 heterocycles. The molecule has 6 nitrogen and oxygen atoms in total. The van der Waals surface area contributed by atoms with Crippen LogP contribution in [-0.4, -0.2) is 56.7 Å². The highest BCUT2D eigenvalue weighted by molar-refractivity contribution is 7.89. The number of likely N-dealkylation sites (N-methyl/N-ethyl adjacent to an activating group) is 1. The normalized spacial score (nSPS) is 18.1. The molecule has 0 unspecified atom stereocenters. The standard InChI is InChI=1S/C14H23N3O3S/c1-11-8-12(2)14(9-13(11)10-18)21(19,20)15-17-6-4-16(3)5-7-17/h8-9,15,18H,4-7,10H2,1-3H3. The number of aryl methyl sites for hydroxylation is 2. The van der Waals surface area contributed by atoms with Crippen LogP contribution in [0.4, 0.5) is 0 Å². The van der Waals surface area contributed by atoms with E-state index in [0.717, 1.165) is 18.7 Å². The predicted octanol–water partition coefficient (Wildman–Crippen LogP) is 0.236. The Kier molecular flexibility index (Phi) is 5.00. The molecule has 1 aliphatic rings. The van der Waals surface area contributed by atoms with Gasteiger partial charge in [-0.1, -0.05) is 6.07 Å². The van der Waals surface area contributed by atoms with Gasteiger partial charge in [0, 0.05) is 26.2 Å². The number of hydrogen-bond acceptors (Lipinski definition) is 5. The number of hydrogen-bond donors (Lipinski definition) is 2. The molecule has 0 radical (unpaired) electrons. The fourth-order valence-electron chi connectivity index (χ4n) is 2.45. The Labute approximate surface area is 126 Å². The Morgan fingerprint density at radius 2 is 1.76 bits per heavy atom. The lowest BCUT2D eigenvalue weighted by Gasteiger charge is -2.32. The number of aliphatic hydroxyl groups excluding tert-OH is 1. The average Bonchev–Trinajstić information content (AvgIpc) is 2.41. The molecule has 0 aromatic heterocycles. The second-order valence-corrected chi connectivity index (χ2v) is 7.22. The third-order valence-electron chi connectivity index (χ3n) is 3.85. The van der Waals surface area contributed by atoms with E-state index < -0.39 is 10.0 Å². The average molecular weight is 313 g/mol. The Bertz CT molecular complexity index is 608. The zero-order valence-corrected chi connectivity index (χ0v) is 13.6. The summed E-state index contributed by atoms with van der Waals surface area (Å²) in [5.41, 5.74) is 2.22. The molecule has 0 atom stereocenters. The van der Waals surface area contributed by atoms with Crippen LogP contribution in [-0.2, 0) is 16.6 Å². The van der Waals surface area contributed by atoms with Crippen molar-refractivity contribution in [3.63, 3.8) is 0 Å². The number of nitrogens with zero attached hydrogens (tertiary/aromatic N) is 2. The SMILES string of the molecule is Cc1cc(C)c(S(=O)(=O)NN2CCN(C)CC2)cc1CO. The molecule has 7 heteroatoms. The van der Waals surface area contributed by atoms with E-state index >= 15 is 0 Å². The predicted molar refractivity (Wildman–Crippen MR) is 81.2 cm³/mol. The van der Waals surface area contributed by atoms with Crippen LogP contribution in [0.2, 0.25) is 0 Å². The second-order valence-electron chi connectivity index (χ2n) is 5.59. The molecule has 2 rings (SSSR count). The van der Waals surface area contributed by atoms with E-state index in [2.05, 4.69) is 9.73 Å². The zero-order valence-electron chi connectivity index (χ0n) is 12.8. The van der Waals surface area contributed by atoms with Gasteiger partial charge in [0.2, 0.25) is 0 Å².